The number of carboxylic acids is 1. The second-order valence-corrected chi connectivity index (χ2v) is 6.88. The van der Waals surface area contributed by atoms with E-state index < -0.39 is 11.8 Å². The Kier molecular flexibility index (Phi) is 5.47. The highest BCUT2D eigenvalue weighted by molar-refractivity contribution is 6.30. The van der Waals surface area contributed by atoms with E-state index in [-0.39, 0.29) is 17.0 Å². The Morgan fingerprint density at radius 3 is 2.32 bits per heavy atom. The molecule has 0 aliphatic carbocycles. The Labute approximate surface area is 166 Å². The molecule has 0 saturated heterocycles. The number of benzene rings is 3. The lowest BCUT2D eigenvalue weighted by Gasteiger charge is -2.12. The molecule has 0 spiro atoms. The van der Waals surface area contributed by atoms with E-state index in [1.165, 1.54) is 24.3 Å². The number of carbonyl (C=O) groups excluding carboxylic acids is 1. The van der Waals surface area contributed by atoms with Gasteiger partial charge in [0.25, 0.3) is 0 Å². The van der Waals surface area contributed by atoms with Gasteiger partial charge >= 0.3 is 5.97 Å². The third-order valence-electron chi connectivity index (χ3n) is 4.41. The summed E-state index contributed by atoms with van der Waals surface area (Å²) in [6, 6.07) is 13.8. The van der Waals surface area contributed by atoms with Gasteiger partial charge in [0.2, 0.25) is 0 Å². The zero-order chi connectivity index (χ0) is 20.4. The Morgan fingerprint density at radius 2 is 1.68 bits per heavy atom. The number of rotatable bonds is 5. The molecule has 0 heterocycles. The molecule has 0 amide bonds. The zero-order valence-corrected chi connectivity index (χ0v) is 16.0. The van der Waals surface area contributed by atoms with Crippen LogP contribution in [0.25, 0.3) is 0 Å². The summed E-state index contributed by atoms with van der Waals surface area (Å²) in [5.74, 6) is -1.83. The van der Waals surface area contributed by atoms with Crippen molar-refractivity contribution < 1.29 is 19.1 Å². The summed E-state index contributed by atoms with van der Waals surface area (Å²) in [7, 11) is 0. The quantitative estimate of drug-likeness (QED) is 0.536. The van der Waals surface area contributed by atoms with E-state index in [1.54, 1.807) is 44.2 Å². The molecule has 3 aromatic carbocycles. The van der Waals surface area contributed by atoms with Crippen molar-refractivity contribution in [2.24, 2.45) is 0 Å². The van der Waals surface area contributed by atoms with Crippen molar-refractivity contribution in [1.29, 1.82) is 0 Å². The van der Waals surface area contributed by atoms with Crippen molar-refractivity contribution in [2.75, 3.05) is 5.32 Å². The molecular weight excluding hydrogens is 381 g/mol. The number of halogens is 2. The summed E-state index contributed by atoms with van der Waals surface area (Å²) in [6.45, 7) is 3.53. The van der Waals surface area contributed by atoms with Gasteiger partial charge in [0, 0.05) is 21.8 Å². The number of carboxylic acid groups (broad SMARTS) is 1. The molecule has 3 aromatic rings. The number of aromatic carboxylic acids is 1. The van der Waals surface area contributed by atoms with Crippen LogP contribution in [0.4, 0.5) is 15.8 Å². The van der Waals surface area contributed by atoms with Crippen LogP contribution in [0.3, 0.4) is 0 Å². The van der Waals surface area contributed by atoms with Gasteiger partial charge in [0.15, 0.2) is 5.78 Å². The molecule has 0 atom stereocenters. The number of aryl methyl sites for hydroxylation is 2. The van der Waals surface area contributed by atoms with Crippen molar-refractivity contribution in [2.45, 2.75) is 13.8 Å². The first-order valence-corrected chi connectivity index (χ1v) is 8.85. The summed E-state index contributed by atoms with van der Waals surface area (Å²) < 4.78 is 14.0. The minimum absolute atomic E-state index is 0.0584. The maximum absolute atomic E-state index is 14.0. The van der Waals surface area contributed by atoms with Gasteiger partial charge in [-0.1, -0.05) is 17.7 Å². The van der Waals surface area contributed by atoms with Crippen LogP contribution in [0.15, 0.2) is 54.6 Å². The number of hydrogen-bond donors (Lipinski definition) is 2. The molecule has 4 nitrogen and oxygen atoms in total. The summed E-state index contributed by atoms with van der Waals surface area (Å²) in [6.07, 6.45) is 0. The smallest absolute Gasteiger partial charge is 0.335 e. The Bertz CT molecular complexity index is 1100. The second-order valence-electron chi connectivity index (χ2n) is 6.44. The predicted octanol–water partition coefficient (Wildman–Crippen LogP) is 5.77. The van der Waals surface area contributed by atoms with E-state index in [0.29, 0.717) is 33.0 Å². The second kappa shape index (κ2) is 7.82. The molecular formula is C22H17ClFNO3. The van der Waals surface area contributed by atoms with Gasteiger partial charge in [-0.15, -0.1) is 0 Å². The van der Waals surface area contributed by atoms with Crippen molar-refractivity contribution in [3.63, 3.8) is 0 Å². The molecule has 0 bridgehead atoms. The zero-order valence-electron chi connectivity index (χ0n) is 15.2. The van der Waals surface area contributed by atoms with E-state index >= 15 is 0 Å². The lowest BCUT2D eigenvalue weighted by molar-refractivity contribution is 0.0697. The van der Waals surface area contributed by atoms with E-state index in [0.717, 1.165) is 0 Å². The van der Waals surface area contributed by atoms with E-state index in [4.69, 9.17) is 16.7 Å². The fraction of sp³-hybridized carbons (Fsp3) is 0.0909. The number of anilines is 2. The summed E-state index contributed by atoms with van der Waals surface area (Å²) in [4.78, 5) is 24.1. The maximum Gasteiger partial charge on any atom is 0.335 e. The number of carbonyl (C=O) groups is 2. The minimum atomic E-state index is -1.09. The molecule has 0 radical (unpaired) electrons. The van der Waals surface area contributed by atoms with Crippen molar-refractivity contribution in [1.82, 2.24) is 0 Å². The van der Waals surface area contributed by atoms with Crippen LogP contribution in [0, 0.1) is 19.7 Å². The lowest BCUT2D eigenvalue weighted by atomic mass is 9.94. The lowest BCUT2D eigenvalue weighted by Crippen LogP contribution is -2.08. The van der Waals surface area contributed by atoms with Crippen LogP contribution >= 0.6 is 11.6 Å². The summed E-state index contributed by atoms with van der Waals surface area (Å²) in [5.41, 5.74) is 3.12. The Hall–Kier alpha value is -3.18. The molecule has 0 fully saturated rings. The largest absolute Gasteiger partial charge is 0.478 e. The first-order valence-electron chi connectivity index (χ1n) is 8.47. The van der Waals surface area contributed by atoms with Crippen LogP contribution in [0.1, 0.15) is 37.4 Å². The number of nitrogens with one attached hydrogen (secondary N) is 1. The fourth-order valence-electron chi connectivity index (χ4n) is 2.89. The van der Waals surface area contributed by atoms with E-state index in [2.05, 4.69) is 5.32 Å². The topological polar surface area (TPSA) is 66.4 Å². The van der Waals surface area contributed by atoms with Crippen molar-refractivity contribution in [3.8, 4) is 0 Å². The molecule has 0 aliphatic rings. The summed E-state index contributed by atoms with van der Waals surface area (Å²) >= 11 is 5.76. The molecule has 3 rings (SSSR count). The maximum atomic E-state index is 14.0. The average Bonchev–Trinajstić information content (AvgIpc) is 2.64. The van der Waals surface area contributed by atoms with Gasteiger partial charge in [-0.3, -0.25) is 4.79 Å². The Balaban J connectivity index is 1.91. The SMILES string of the molecule is Cc1cc(Nc2ccc(Cl)cc2F)ccc1C(=O)c1cc(C(=O)O)ccc1C. The molecule has 0 aromatic heterocycles. The molecule has 0 unspecified atom stereocenters. The average molecular weight is 398 g/mol. The van der Waals surface area contributed by atoms with Crippen molar-refractivity contribution in [3.05, 3.63) is 93.3 Å². The third kappa shape index (κ3) is 4.05. The van der Waals surface area contributed by atoms with Crippen LogP contribution < -0.4 is 5.32 Å². The predicted molar refractivity (Wildman–Crippen MR) is 107 cm³/mol. The van der Waals surface area contributed by atoms with E-state index in [1.807, 2.05) is 0 Å². The number of ketones is 1. The highest BCUT2D eigenvalue weighted by Gasteiger charge is 2.17. The first-order chi connectivity index (χ1) is 13.3. The molecule has 28 heavy (non-hydrogen) atoms. The van der Waals surface area contributed by atoms with E-state index in [9.17, 15) is 14.0 Å². The van der Waals surface area contributed by atoms with Gasteiger partial charge in [-0.25, -0.2) is 9.18 Å². The number of hydrogen-bond acceptors (Lipinski definition) is 3. The van der Waals surface area contributed by atoms with Crippen LogP contribution in [-0.4, -0.2) is 16.9 Å². The molecule has 142 valence electrons. The van der Waals surface area contributed by atoms with Crippen molar-refractivity contribution >= 4 is 34.7 Å². The van der Waals surface area contributed by atoms with Crippen LogP contribution in [0.2, 0.25) is 5.02 Å². The standard InChI is InChI=1S/C22H17ClFNO3/c1-12-3-4-14(22(27)28)10-18(12)21(26)17-7-6-16(9-13(17)2)25-20-8-5-15(23)11-19(20)24/h3-11,25H,1-2H3,(H,27,28). The molecule has 2 N–H and O–H groups in total. The fourth-order valence-corrected chi connectivity index (χ4v) is 3.05. The summed E-state index contributed by atoms with van der Waals surface area (Å²) in [5, 5.41) is 12.4. The van der Waals surface area contributed by atoms with Gasteiger partial charge in [0.1, 0.15) is 5.82 Å². The third-order valence-corrected chi connectivity index (χ3v) is 4.65. The molecule has 0 saturated carbocycles. The van der Waals surface area contributed by atoms with Gasteiger partial charge in [-0.2, -0.15) is 0 Å². The normalized spacial score (nSPS) is 10.6. The highest BCUT2D eigenvalue weighted by atomic mass is 35.5. The monoisotopic (exact) mass is 397 g/mol. The first kappa shape index (κ1) is 19.6. The van der Waals surface area contributed by atoms with Crippen LogP contribution in [0.5, 0.6) is 0 Å². The Morgan fingerprint density at radius 1 is 0.929 bits per heavy atom. The van der Waals surface area contributed by atoms with Gasteiger partial charge < -0.3 is 10.4 Å². The van der Waals surface area contributed by atoms with Gasteiger partial charge in [-0.05, 0) is 73.5 Å². The van der Waals surface area contributed by atoms with Crippen LogP contribution in [-0.2, 0) is 0 Å². The highest BCUT2D eigenvalue weighted by Crippen LogP contribution is 2.26. The molecule has 6 heteroatoms. The molecule has 0 aliphatic heterocycles. The minimum Gasteiger partial charge on any atom is -0.478 e. The van der Waals surface area contributed by atoms with Gasteiger partial charge in [0.05, 0.1) is 11.3 Å².